The Balaban J connectivity index is 1.98. The van der Waals surface area contributed by atoms with E-state index in [1.54, 1.807) is 0 Å². The van der Waals surface area contributed by atoms with Crippen LogP contribution in [0.2, 0.25) is 0 Å². The van der Waals surface area contributed by atoms with Gasteiger partial charge in [0, 0.05) is 0 Å². The summed E-state index contributed by atoms with van der Waals surface area (Å²) in [6.45, 7) is 12.3. The summed E-state index contributed by atoms with van der Waals surface area (Å²) >= 11 is 0. The predicted molar refractivity (Wildman–Crippen MR) is 66.8 cm³/mol. The molecular weight excluding hydrogens is 180 g/mol. The molecule has 2 rings (SSSR count). The molecule has 0 heterocycles. The normalized spacial score (nSPS) is 50.2. The van der Waals surface area contributed by atoms with E-state index in [1.165, 1.54) is 32.1 Å². The lowest BCUT2D eigenvalue weighted by atomic mass is 9.65. The monoisotopic (exact) mass is 208 g/mol. The highest BCUT2D eigenvalue weighted by molar-refractivity contribution is 5.23. The van der Waals surface area contributed by atoms with Crippen LogP contribution in [0.15, 0.2) is 0 Å². The summed E-state index contributed by atoms with van der Waals surface area (Å²) in [5, 5.41) is 0. The Hall–Kier alpha value is 0. The molecule has 2 fully saturated rings. The molecule has 0 aromatic carbocycles. The zero-order chi connectivity index (χ0) is 11.3. The molecule has 0 N–H and O–H groups in total. The molecule has 5 atom stereocenters. The SMILES string of the molecule is CCCC(C)CC1(C)C(C)C12CCC2C. The fourth-order valence-electron chi connectivity index (χ4n) is 4.97. The maximum Gasteiger partial charge on any atom is -0.0184 e. The van der Waals surface area contributed by atoms with Crippen molar-refractivity contribution in [3.05, 3.63) is 0 Å². The van der Waals surface area contributed by atoms with Crippen LogP contribution in [0.3, 0.4) is 0 Å². The molecule has 2 aliphatic rings. The highest BCUT2D eigenvalue weighted by Crippen LogP contribution is 2.81. The van der Waals surface area contributed by atoms with E-state index in [9.17, 15) is 0 Å². The van der Waals surface area contributed by atoms with Crippen molar-refractivity contribution in [2.45, 2.75) is 66.7 Å². The van der Waals surface area contributed by atoms with Gasteiger partial charge in [-0.15, -0.1) is 0 Å². The van der Waals surface area contributed by atoms with E-state index in [0.29, 0.717) is 5.41 Å². The average molecular weight is 208 g/mol. The van der Waals surface area contributed by atoms with Gasteiger partial charge in [0.2, 0.25) is 0 Å². The topological polar surface area (TPSA) is 0 Å². The number of hydrogen-bond acceptors (Lipinski definition) is 0. The van der Waals surface area contributed by atoms with Gasteiger partial charge in [-0.25, -0.2) is 0 Å². The van der Waals surface area contributed by atoms with Crippen LogP contribution in [-0.4, -0.2) is 0 Å². The molecule has 0 aliphatic heterocycles. The van der Waals surface area contributed by atoms with Gasteiger partial charge < -0.3 is 0 Å². The summed E-state index contributed by atoms with van der Waals surface area (Å²) < 4.78 is 0. The smallest absolute Gasteiger partial charge is 0.0184 e. The first-order valence-electron chi connectivity index (χ1n) is 6.99. The summed E-state index contributed by atoms with van der Waals surface area (Å²) in [6, 6.07) is 0. The van der Waals surface area contributed by atoms with E-state index in [2.05, 4.69) is 34.6 Å². The van der Waals surface area contributed by atoms with Gasteiger partial charge >= 0.3 is 0 Å². The molecule has 5 unspecified atom stereocenters. The Morgan fingerprint density at radius 3 is 2.33 bits per heavy atom. The molecule has 0 aromatic heterocycles. The standard InChI is InChI=1S/C15H28/c1-6-7-11(2)10-14(5)13(4)15(14)9-8-12(15)3/h11-13H,6-10H2,1-5H3. The Morgan fingerprint density at radius 2 is 2.00 bits per heavy atom. The molecule has 15 heavy (non-hydrogen) atoms. The van der Waals surface area contributed by atoms with Gasteiger partial charge in [-0.1, -0.05) is 47.5 Å². The average Bonchev–Trinajstić information content (AvgIpc) is 2.64. The molecular formula is C15H28. The first kappa shape index (κ1) is 11.5. The zero-order valence-electron chi connectivity index (χ0n) is 11.3. The molecule has 1 spiro atoms. The minimum absolute atomic E-state index is 0.694. The molecule has 0 radical (unpaired) electrons. The van der Waals surface area contributed by atoms with Crippen molar-refractivity contribution >= 4 is 0 Å². The minimum atomic E-state index is 0.694. The number of rotatable bonds is 4. The fourth-order valence-corrected chi connectivity index (χ4v) is 4.97. The zero-order valence-corrected chi connectivity index (χ0v) is 11.3. The molecule has 0 aromatic rings. The van der Waals surface area contributed by atoms with Gasteiger partial charge in [-0.2, -0.15) is 0 Å². The Morgan fingerprint density at radius 1 is 1.33 bits per heavy atom. The van der Waals surface area contributed by atoms with Crippen molar-refractivity contribution in [3.63, 3.8) is 0 Å². The van der Waals surface area contributed by atoms with Crippen LogP contribution < -0.4 is 0 Å². The summed E-state index contributed by atoms with van der Waals surface area (Å²) in [5.74, 6) is 2.94. The van der Waals surface area contributed by atoms with Crippen LogP contribution in [-0.2, 0) is 0 Å². The van der Waals surface area contributed by atoms with Crippen molar-refractivity contribution < 1.29 is 0 Å². The Labute approximate surface area is 95.8 Å². The molecule has 0 bridgehead atoms. The van der Waals surface area contributed by atoms with Crippen molar-refractivity contribution in [2.75, 3.05) is 0 Å². The predicted octanol–water partition coefficient (Wildman–Crippen LogP) is 4.89. The van der Waals surface area contributed by atoms with E-state index < -0.39 is 0 Å². The first-order valence-corrected chi connectivity index (χ1v) is 6.99. The second-order valence-corrected chi connectivity index (χ2v) is 6.72. The van der Waals surface area contributed by atoms with E-state index in [4.69, 9.17) is 0 Å². The van der Waals surface area contributed by atoms with Crippen LogP contribution in [0.1, 0.15) is 66.7 Å². The minimum Gasteiger partial charge on any atom is -0.0654 e. The van der Waals surface area contributed by atoms with Gasteiger partial charge in [0.15, 0.2) is 0 Å². The Kier molecular flexibility index (Phi) is 2.68. The highest BCUT2D eigenvalue weighted by atomic mass is 14.8. The molecule has 0 nitrogen and oxygen atoms in total. The molecule has 0 amide bonds. The molecule has 2 saturated carbocycles. The van der Waals surface area contributed by atoms with Crippen molar-refractivity contribution in [1.29, 1.82) is 0 Å². The lowest BCUT2D eigenvalue weighted by Crippen LogP contribution is -2.31. The quantitative estimate of drug-likeness (QED) is 0.617. The second-order valence-electron chi connectivity index (χ2n) is 6.72. The van der Waals surface area contributed by atoms with Gasteiger partial charge in [0.1, 0.15) is 0 Å². The Bertz CT molecular complexity index is 244. The van der Waals surface area contributed by atoms with Gasteiger partial charge in [-0.05, 0) is 47.8 Å². The summed E-state index contributed by atoms with van der Waals surface area (Å²) in [7, 11) is 0. The maximum atomic E-state index is 2.57. The molecule has 2 aliphatic carbocycles. The second kappa shape index (κ2) is 3.50. The van der Waals surface area contributed by atoms with Crippen LogP contribution in [0, 0.1) is 28.6 Å². The molecule has 88 valence electrons. The first-order chi connectivity index (χ1) is 6.99. The molecule has 0 heteroatoms. The van der Waals surface area contributed by atoms with Crippen molar-refractivity contribution in [1.82, 2.24) is 0 Å². The van der Waals surface area contributed by atoms with Gasteiger partial charge in [0.25, 0.3) is 0 Å². The van der Waals surface area contributed by atoms with E-state index in [-0.39, 0.29) is 0 Å². The third-order valence-electron chi connectivity index (χ3n) is 6.13. The summed E-state index contributed by atoms with van der Waals surface area (Å²) in [4.78, 5) is 0. The van der Waals surface area contributed by atoms with Crippen LogP contribution >= 0.6 is 0 Å². The van der Waals surface area contributed by atoms with E-state index >= 15 is 0 Å². The third-order valence-corrected chi connectivity index (χ3v) is 6.13. The van der Waals surface area contributed by atoms with Crippen molar-refractivity contribution in [3.8, 4) is 0 Å². The summed E-state index contributed by atoms with van der Waals surface area (Å²) in [6.07, 6.45) is 7.26. The van der Waals surface area contributed by atoms with Crippen LogP contribution in [0.5, 0.6) is 0 Å². The largest absolute Gasteiger partial charge is 0.0654 e. The van der Waals surface area contributed by atoms with Gasteiger partial charge in [0.05, 0.1) is 0 Å². The van der Waals surface area contributed by atoms with Gasteiger partial charge in [-0.3, -0.25) is 0 Å². The third kappa shape index (κ3) is 1.33. The molecule has 0 saturated heterocycles. The van der Waals surface area contributed by atoms with E-state index in [1.807, 2.05) is 0 Å². The highest BCUT2D eigenvalue weighted by Gasteiger charge is 2.75. The lowest BCUT2D eigenvalue weighted by molar-refractivity contribution is 0.0978. The fraction of sp³-hybridized carbons (Fsp3) is 1.00. The lowest BCUT2D eigenvalue weighted by Gasteiger charge is -2.40. The number of hydrogen-bond donors (Lipinski definition) is 0. The van der Waals surface area contributed by atoms with E-state index in [0.717, 1.165) is 23.2 Å². The van der Waals surface area contributed by atoms with Crippen molar-refractivity contribution in [2.24, 2.45) is 28.6 Å². The van der Waals surface area contributed by atoms with Crippen LogP contribution in [0.25, 0.3) is 0 Å². The van der Waals surface area contributed by atoms with Crippen LogP contribution in [0.4, 0.5) is 0 Å². The summed E-state index contributed by atoms with van der Waals surface area (Å²) in [5.41, 5.74) is 1.47. The maximum absolute atomic E-state index is 2.57.